The number of aryl methyl sites for hydroxylation is 1. The van der Waals surface area contributed by atoms with Gasteiger partial charge in [-0.2, -0.15) is 0 Å². The second kappa shape index (κ2) is 5.24. The van der Waals surface area contributed by atoms with Crippen molar-refractivity contribution < 1.29 is 9.53 Å². The highest BCUT2D eigenvalue weighted by Gasteiger charge is 2.29. The fourth-order valence-corrected chi connectivity index (χ4v) is 3.63. The van der Waals surface area contributed by atoms with E-state index in [9.17, 15) is 4.79 Å². The average molecular weight is 314 g/mol. The van der Waals surface area contributed by atoms with Gasteiger partial charge in [0, 0.05) is 18.4 Å². The molecule has 112 valence electrons. The lowest BCUT2D eigenvalue weighted by molar-refractivity contribution is -0.137. The number of hydrogen-bond acceptors (Lipinski definition) is 6. The summed E-state index contributed by atoms with van der Waals surface area (Å²) in [5.41, 5.74) is 2.72. The number of fused-ring (bicyclic) bond motifs is 3. The molecule has 7 heteroatoms. The molecule has 3 aromatic rings. The number of benzene rings is 1. The first-order valence-electron chi connectivity index (χ1n) is 7.23. The zero-order valence-electron chi connectivity index (χ0n) is 12.0. The Hall–Kier alpha value is -2.15. The maximum atomic E-state index is 11.6. The third-order valence-corrected chi connectivity index (χ3v) is 4.90. The molecular formula is C15H14N4O2S. The quantitative estimate of drug-likeness (QED) is 0.691. The van der Waals surface area contributed by atoms with E-state index in [1.165, 1.54) is 11.8 Å². The average Bonchev–Trinajstić information content (AvgIpc) is 3.08. The fraction of sp³-hybridized carbons (Fsp3) is 0.333. The molecule has 3 heterocycles. The van der Waals surface area contributed by atoms with E-state index >= 15 is 0 Å². The molecule has 22 heavy (non-hydrogen) atoms. The van der Waals surface area contributed by atoms with Gasteiger partial charge in [-0.3, -0.25) is 4.79 Å². The van der Waals surface area contributed by atoms with E-state index in [1.54, 1.807) is 0 Å². The number of esters is 1. The lowest BCUT2D eigenvalue weighted by Gasteiger charge is -2.04. The first-order chi connectivity index (χ1) is 10.8. The van der Waals surface area contributed by atoms with Gasteiger partial charge in [0.15, 0.2) is 5.65 Å². The van der Waals surface area contributed by atoms with Crippen LogP contribution in [0.5, 0.6) is 0 Å². The van der Waals surface area contributed by atoms with Crippen LogP contribution in [0.3, 0.4) is 0 Å². The van der Waals surface area contributed by atoms with Crippen LogP contribution in [0.15, 0.2) is 29.4 Å². The molecule has 1 aliphatic rings. The van der Waals surface area contributed by atoms with Crippen molar-refractivity contribution in [2.75, 3.05) is 6.61 Å². The van der Waals surface area contributed by atoms with Gasteiger partial charge in [0.25, 0.3) is 0 Å². The van der Waals surface area contributed by atoms with E-state index in [-0.39, 0.29) is 11.2 Å². The first-order valence-corrected chi connectivity index (χ1v) is 8.11. The molecular weight excluding hydrogens is 300 g/mol. The van der Waals surface area contributed by atoms with Gasteiger partial charge in [-0.15, -0.1) is 10.2 Å². The van der Waals surface area contributed by atoms with Crippen LogP contribution in [0.2, 0.25) is 0 Å². The van der Waals surface area contributed by atoms with Crippen LogP contribution in [0, 0.1) is 0 Å². The predicted octanol–water partition coefficient (Wildman–Crippen LogP) is 2.41. The monoisotopic (exact) mass is 314 g/mol. The summed E-state index contributed by atoms with van der Waals surface area (Å²) < 4.78 is 7.10. The normalized spacial score (nSPS) is 18.2. The third kappa shape index (κ3) is 2.04. The Kier molecular flexibility index (Phi) is 3.22. The summed E-state index contributed by atoms with van der Waals surface area (Å²) in [7, 11) is 0. The molecule has 0 bridgehead atoms. The Bertz CT molecular complexity index is 876. The molecule has 0 unspecified atom stereocenters. The summed E-state index contributed by atoms with van der Waals surface area (Å²) in [5, 5.41) is 9.87. The molecule has 1 aromatic carbocycles. The summed E-state index contributed by atoms with van der Waals surface area (Å²) in [6.45, 7) is 3.36. The smallest absolute Gasteiger partial charge is 0.319 e. The van der Waals surface area contributed by atoms with E-state index in [1.807, 2.05) is 18.2 Å². The van der Waals surface area contributed by atoms with Gasteiger partial charge >= 0.3 is 5.97 Å². The topological polar surface area (TPSA) is 69.9 Å². The Balaban J connectivity index is 1.83. The maximum Gasteiger partial charge on any atom is 0.319 e. The molecule has 0 amide bonds. The molecule has 4 rings (SSSR count). The minimum Gasteiger partial charge on any atom is -0.465 e. The molecule has 1 saturated heterocycles. The van der Waals surface area contributed by atoms with Crippen LogP contribution in [0.1, 0.15) is 13.3 Å². The number of aromatic nitrogens is 4. The van der Waals surface area contributed by atoms with Crippen molar-refractivity contribution in [1.82, 2.24) is 19.7 Å². The minimum atomic E-state index is -0.223. The minimum absolute atomic E-state index is 0.190. The van der Waals surface area contributed by atoms with Crippen molar-refractivity contribution in [3.63, 3.8) is 0 Å². The Labute approximate surface area is 130 Å². The number of rotatable bonds is 3. The Morgan fingerprint density at radius 1 is 1.36 bits per heavy atom. The second-order valence-corrected chi connectivity index (χ2v) is 6.26. The van der Waals surface area contributed by atoms with Crippen molar-refractivity contribution in [2.45, 2.75) is 30.3 Å². The highest BCUT2D eigenvalue weighted by molar-refractivity contribution is 8.00. The number of thioether (sulfide) groups is 1. The predicted molar refractivity (Wildman–Crippen MR) is 83.7 cm³/mol. The molecule has 0 aliphatic carbocycles. The van der Waals surface area contributed by atoms with Gasteiger partial charge < -0.3 is 9.30 Å². The zero-order valence-corrected chi connectivity index (χ0v) is 12.8. The largest absolute Gasteiger partial charge is 0.465 e. The van der Waals surface area contributed by atoms with E-state index in [0.717, 1.165) is 28.6 Å². The lowest BCUT2D eigenvalue weighted by atomic mass is 10.2. The number of cyclic esters (lactones) is 1. The number of hydrogen-bond donors (Lipinski definition) is 0. The van der Waals surface area contributed by atoms with Gasteiger partial charge in [0.1, 0.15) is 10.8 Å². The van der Waals surface area contributed by atoms with Gasteiger partial charge in [-0.1, -0.05) is 30.0 Å². The van der Waals surface area contributed by atoms with Gasteiger partial charge in [0.2, 0.25) is 5.16 Å². The van der Waals surface area contributed by atoms with Crippen LogP contribution in [-0.4, -0.2) is 37.6 Å². The van der Waals surface area contributed by atoms with Crippen LogP contribution in [-0.2, 0) is 16.1 Å². The molecule has 0 saturated carbocycles. The van der Waals surface area contributed by atoms with Crippen molar-refractivity contribution in [3.05, 3.63) is 24.3 Å². The lowest BCUT2D eigenvalue weighted by Crippen LogP contribution is -2.10. The van der Waals surface area contributed by atoms with Crippen molar-refractivity contribution in [2.24, 2.45) is 0 Å². The first kappa shape index (κ1) is 13.5. The number of carbonyl (C=O) groups is 1. The summed E-state index contributed by atoms with van der Waals surface area (Å²) >= 11 is 1.33. The molecule has 0 radical (unpaired) electrons. The van der Waals surface area contributed by atoms with Crippen molar-refractivity contribution in [1.29, 1.82) is 0 Å². The standard InChI is InChI=1S/C15H14N4O2S/c1-2-19-10-6-4-3-5-9(10)12-13(19)16-15(18-17-12)22-11-7-8-21-14(11)20/h3-6,11H,2,7-8H2,1H3/t11-/m0/s1. The van der Waals surface area contributed by atoms with E-state index < -0.39 is 0 Å². The summed E-state index contributed by atoms with van der Waals surface area (Å²) in [5.74, 6) is -0.190. The summed E-state index contributed by atoms with van der Waals surface area (Å²) in [6.07, 6.45) is 0.696. The summed E-state index contributed by atoms with van der Waals surface area (Å²) in [4.78, 5) is 16.2. The van der Waals surface area contributed by atoms with Crippen LogP contribution < -0.4 is 0 Å². The van der Waals surface area contributed by atoms with Gasteiger partial charge in [-0.05, 0) is 13.0 Å². The van der Waals surface area contributed by atoms with Gasteiger partial charge in [-0.25, -0.2) is 4.98 Å². The highest BCUT2D eigenvalue weighted by atomic mass is 32.2. The molecule has 1 atom stereocenters. The molecule has 0 spiro atoms. The SMILES string of the molecule is CCn1c2ccccc2c2nnc(S[C@H]3CCOC3=O)nc21. The number of nitrogens with zero attached hydrogens (tertiary/aromatic N) is 4. The number of para-hydroxylation sites is 1. The van der Waals surface area contributed by atoms with Crippen molar-refractivity contribution in [3.8, 4) is 0 Å². The van der Waals surface area contributed by atoms with Crippen LogP contribution >= 0.6 is 11.8 Å². The molecule has 0 N–H and O–H groups in total. The molecule has 6 nitrogen and oxygen atoms in total. The second-order valence-electron chi connectivity index (χ2n) is 5.09. The highest BCUT2D eigenvalue weighted by Crippen LogP contribution is 2.30. The zero-order chi connectivity index (χ0) is 15.1. The van der Waals surface area contributed by atoms with E-state index in [0.29, 0.717) is 18.2 Å². The fourth-order valence-electron chi connectivity index (χ4n) is 2.77. The number of ether oxygens (including phenoxy) is 1. The van der Waals surface area contributed by atoms with E-state index in [2.05, 4.69) is 32.7 Å². The van der Waals surface area contributed by atoms with Crippen LogP contribution in [0.25, 0.3) is 22.1 Å². The molecule has 1 aliphatic heterocycles. The molecule has 2 aromatic heterocycles. The van der Waals surface area contributed by atoms with Crippen molar-refractivity contribution >= 4 is 39.8 Å². The Morgan fingerprint density at radius 3 is 3.00 bits per heavy atom. The third-order valence-electron chi connectivity index (χ3n) is 3.81. The summed E-state index contributed by atoms with van der Waals surface area (Å²) in [6, 6.07) is 8.08. The Morgan fingerprint density at radius 2 is 2.23 bits per heavy atom. The molecule has 1 fully saturated rings. The van der Waals surface area contributed by atoms with Gasteiger partial charge in [0.05, 0.1) is 12.1 Å². The number of carbonyl (C=O) groups excluding carboxylic acids is 1. The van der Waals surface area contributed by atoms with Crippen LogP contribution in [0.4, 0.5) is 0 Å². The van der Waals surface area contributed by atoms with E-state index in [4.69, 9.17) is 4.74 Å². The maximum absolute atomic E-state index is 11.6.